The first-order valence-corrected chi connectivity index (χ1v) is 19.5. The Morgan fingerprint density at radius 1 is 0.849 bits per heavy atom. The van der Waals surface area contributed by atoms with E-state index in [-0.39, 0.29) is 24.1 Å². The Morgan fingerprint density at radius 2 is 1.55 bits per heavy atom. The van der Waals surface area contributed by atoms with Gasteiger partial charge in [0.1, 0.15) is 18.4 Å². The molecule has 4 aromatic carbocycles. The molecule has 1 atom stereocenters. The number of thioether (sulfide) groups is 1. The molecule has 1 fully saturated rings. The fourth-order valence-corrected chi connectivity index (χ4v) is 8.14. The van der Waals surface area contributed by atoms with Crippen LogP contribution in [0.15, 0.2) is 108 Å². The number of hydrogen-bond acceptors (Lipinski definition) is 6. The number of allylic oxidation sites excluding steroid dienone is 1. The van der Waals surface area contributed by atoms with Crippen LogP contribution in [0.5, 0.6) is 5.75 Å². The molecule has 8 nitrogen and oxygen atoms in total. The first-order valence-electron chi connectivity index (χ1n) is 18.5. The second kappa shape index (κ2) is 18.1. The number of rotatable bonds is 16. The predicted molar refractivity (Wildman–Crippen MR) is 210 cm³/mol. The van der Waals surface area contributed by atoms with Gasteiger partial charge in [0.15, 0.2) is 0 Å². The van der Waals surface area contributed by atoms with Crippen molar-refractivity contribution in [1.82, 2.24) is 15.1 Å². The molecule has 6 rings (SSSR count). The molecule has 0 radical (unpaired) electrons. The van der Waals surface area contributed by atoms with Crippen LogP contribution < -0.4 is 10.1 Å². The summed E-state index contributed by atoms with van der Waals surface area (Å²) >= 11 is 1.71. The molecule has 9 heteroatoms. The first kappa shape index (κ1) is 37.6. The van der Waals surface area contributed by atoms with Crippen molar-refractivity contribution in [2.75, 3.05) is 26.0 Å². The van der Waals surface area contributed by atoms with Crippen LogP contribution in [0, 0.1) is 0 Å². The maximum Gasteiger partial charge on any atom is 0.255 e. The number of nitrogens with zero attached hydrogens (tertiary/aromatic N) is 2. The normalized spacial score (nSPS) is 15.8. The van der Waals surface area contributed by atoms with Crippen LogP contribution in [-0.2, 0) is 20.9 Å². The van der Waals surface area contributed by atoms with E-state index in [9.17, 15) is 19.2 Å². The monoisotopic (exact) mass is 729 g/mol. The smallest absolute Gasteiger partial charge is 0.255 e. The highest BCUT2D eigenvalue weighted by atomic mass is 32.2. The number of piperidine rings is 1. The number of benzene rings is 4. The zero-order valence-corrected chi connectivity index (χ0v) is 31.3. The van der Waals surface area contributed by atoms with E-state index in [1.54, 1.807) is 21.6 Å². The average molecular weight is 730 g/mol. The molecule has 53 heavy (non-hydrogen) atoms. The molecule has 0 aliphatic carbocycles. The lowest BCUT2D eigenvalue weighted by Crippen LogP contribution is -2.52. The van der Waals surface area contributed by atoms with Crippen molar-refractivity contribution < 1.29 is 23.9 Å². The van der Waals surface area contributed by atoms with Gasteiger partial charge in [-0.3, -0.25) is 24.5 Å². The molecule has 2 aliphatic rings. The lowest BCUT2D eigenvalue weighted by molar-refractivity contribution is -0.137. The van der Waals surface area contributed by atoms with Crippen LogP contribution >= 0.6 is 11.8 Å². The quantitative estimate of drug-likeness (QED) is 0.0544. The summed E-state index contributed by atoms with van der Waals surface area (Å²) in [6.07, 6.45) is 4.66. The summed E-state index contributed by atoms with van der Waals surface area (Å²) < 4.78 is 6.06. The Kier molecular flexibility index (Phi) is 12.8. The van der Waals surface area contributed by atoms with Gasteiger partial charge in [-0.15, -0.1) is 11.8 Å². The van der Waals surface area contributed by atoms with Gasteiger partial charge in [-0.1, -0.05) is 92.2 Å². The fraction of sp³-hybridized carbons (Fsp3) is 0.318. The van der Waals surface area contributed by atoms with E-state index >= 15 is 0 Å². The predicted octanol–water partition coefficient (Wildman–Crippen LogP) is 8.01. The first-order chi connectivity index (χ1) is 25.8. The van der Waals surface area contributed by atoms with E-state index in [2.05, 4.69) is 72.9 Å². The minimum Gasteiger partial charge on any atom is -0.492 e. The summed E-state index contributed by atoms with van der Waals surface area (Å²) in [7, 11) is 1.83. The van der Waals surface area contributed by atoms with E-state index in [0.29, 0.717) is 38.1 Å². The molecule has 2 heterocycles. The van der Waals surface area contributed by atoms with E-state index in [1.165, 1.54) is 22.3 Å². The molecule has 2 aliphatic heterocycles. The summed E-state index contributed by atoms with van der Waals surface area (Å²) in [4.78, 5) is 54.3. The molecular formula is C44H47N3O5S. The Labute approximate surface area is 316 Å². The molecule has 1 saturated heterocycles. The largest absolute Gasteiger partial charge is 0.492 e. The van der Waals surface area contributed by atoms with Gasteiger partial charge in [-0.05, 0) is 89.1 Å². The molecule has 4 aromatic rings. The minimum atomic E-state index is -0.616. The summed E-state index contributed by atoms with van der Waals surface area (Å²) in [6, 6.07) is 34.4. The van der Waals surface area contributed by atoms with E-state index in [1.807, 2.05) is 49.5 Å². The van der Waals surface area contributed by atoms with Crippen molar-refractivity contribution in [1.29, 1.82) is 0 Å². The maximum absolute atomic E-state index is 13.1. The van der Waals surface area contributed by atoms with Gasteiger partial charge in [0.25, 0.3) is 5.91 Å². The Balaban J connectivity index is 0.927. The topological polar surface area (TPSA) is 96.0 Å². The van der Waals surface area contributed by atoms with E-state index < -0.39 is 11.9 Å². The number of carbonyl (C=O) groups is 4. The van der Waals surface area contributed by atoms with Crippen molar-refractivity contribution >= 4 is 46.5 Å². The molecule has 274 valence electrons. The van der Waals surface area contributed by atoms with Crippen molar-refractivity contribution in [3.05, 3.63) is 131 Å². The Hall–Kier alpha value is -5.15. The minimum absolute atomic E-state index is 0.107. The lowest BCUT2D eigenvalue weighted by atomic mass is 9.88. The summed E-state index contributed by atoms with van der Waals surface area (Å²) in [6.45, 7) is 3.49. The third-order valence-electron chi connectivity index (χ3n) is 9.94. The molecule has 1 N–H and O–H groups in total. The average Bonchev–Trinajstić information content (AvgIpc) is 3.52. The Bertz CT molecular complexity index is 1950. The van der Waals surface area contributed by atoms with Crippen LogP contribution in [0.1, 0.15) is 84.5 Å². The van der Waals surface area contributed by atoms with Gasteiger partial charge in [-0.25, -0.2) is 0 Å². The van der Waals surface area contributed by atoms with E-state index in [4.69, 9.17) is 4.74 Å². The lowest BCUT2D eigenvalue weighted by Gasteiger charge is -2.29. The molecule has 0 bridgehead atoms. The van der Waals surface area contributed by atoms with Crippen molar-refractivity contribution in [2.45, 2.75) is 69.4 Å². The number of likely N-dealkylation sites (N-methyl/N-ethyl adjacent to an activating group) is 1. The number of unbranched alkanes of at least 4 members (excludes halogenated alkanes) is 2. The number of amides is 4. The van der Waals surface area contributed by atoms with Crippen LogP contribution in [0.4, 0.5) is 0 Å². The number of fused-ring (bicyclic) bond motifs is 1. The van der Waals surface area contributed by atoms with Crippen LogP contribution in [0.25, 0.3) is 11.1 Å². The standard InChI is InChI=1S/C44H47N3O5S/c1-3-35(31-14-7-4-8-15-31)42(32-16-9-5-10-17-32)33-21-23-34(24-22-33)52-28-27-46(2)41(49)20-11-6-12-29-53-39-19-13-18-36-37(39)30-47(44(36)51)38-25-26-40(48)45-43(38)50/h4-5,7-10,13-19,21-24,38H,3,6,11-12,20,25-30H2,1-2H3,(H,45,48,50)/b42-35-. The highest BCUT2D eigenvalue weighted by molar-refractivity contribution is 7.99. The SMILES string of the molecule is CC/C(=C(\c1ccccc1)c1ccc(OCCN(C)C(=O)CCCCCSc2cccc3c2CN(C2CCC(=O)NC2=O)C3=O)cc1)c1ccccc1. The van der Waals surface area contributed by atoms with Gasteiger partial charge < -0.3 is 14.5 Å². The zero-order valence-electron chi connectivity index (χ0n) is 30.5. The molecule has 0 aromatic heterocycles. The molecule has 0 spiro atoms. The maximum atomic E-state index is 13.1. The molecular weight excluding hydrogens is 683 g/mol. The van der Waals surface area contributed by atoms with E-state index in [0.717, 1.165) is 53.2 Å². The second-order valence-corrected chi connectivity index (χ2v) is 14.6. The number of hydrogen-bond donors (Lipinski definition) is 1. The molecule has 4 amide bonds. The summed E-state index contributed by atoms with van der Waals surface area (Å²) in [5, 5.41) is 2.36. The van der Waals surface area contributed by atoms with Gasteiger partial charge in [0, 0.05) is 36.9 Å². The van der Waals surface area contributed by atoms with Crippen molar-refractivity contribution in [2.24, 2.45) is 0 Å². The molecule has 0 saturated carbocycles. The third kappa shape index (κ3) is 9.27. The highest BCUT2D eigenvalue weighted by Crippen LogP contribution is 2.36. The number of imide groups is 1. The van der Waals surface area contributed by atoms with Crippen molar-refractivity contribution in [3.8, 4) is 5.75 Å². The highest BCUT2D eigenvalue weighted by Gasteiger charge is 2.39. The van der Waals surface area contributed by atoms with Crippen LogP contribution in [0.3, 0.4) is 0 Å². The van der Waals surface area contributed by atoms with Gasteiger partial charge in [-0.2, -0.15) is 0 Å². The van der Waals surface area contributed by atoms with Gasteiger partial charge >= 0.3 is 0 Å². The fourth-order valence-electron chi connectivity index (χ4n) is 7.05. The van der Waals surface area contributed by atoms with Crippen LogP contribution in [0.2, 0.25) is 0 Å². The number of nitrogens with one attached hydrogen (secondary N) is 1. The zero-order chi connectivity index (χ0) is 37.2. The number of ether oxygens (including phenoxy) is 1. The van der Waals surface area contributed by atoms with Crippen molar-refractivity contribution in [3.63, 3.8) is 0 Å². The summed E-state index contributed by atoms with van der Waals surface area (Å²) in [5.41, 5.74) is 7.62. The summed E-state index contributed by atoms with van der Waals surface area (Å²) in [5.74, 6) is 0.907. The third-order valence-corrected chi connectivity index (χ3v) is 11.1. The number of carbonyl (C=O) groups excluding carboxylic acids is 4. The van der Waals surface area contributed by atoms with Gasteiger partial charge in [0.05, 0.1) is 6.54 Å². The van der Waals surface area contributed by atoms with Gasteiger partial charge in [0.2, 0.25) is 17.7 Å². The van der Waals surface area contributed by atoms with Crippen LogP contribution in [-0.4, -0.2) is 65.4 Å². The molecule has 1 unspecified atom stereocenters. The second-order valence-electron chi connectivity index (χ2n) is 13.5. The Morgan fingerprint density at radius 3 is 2.25 bits per heavy atom.